The first-order chi connectivity index (χ1) is 13.7. The van der Waals surface area contributed by atoms with E-state index in [1.54, 1.807) is 6.20 Å². The molecule has 0 unspecified atom stereocenters. The van der Waals surface area contributed by atoms with E-state index in [1.807, 2.05) is 37.3 Å². The van der Waals surface area contributed by atoms with E-state index in [4.69, 9.17) is 4.74 Å². The van der Waals surface area contributed by atoms with E-state index < -0.39 is 0 Å². The Bertz CT molecular complexity index is 1110. The van der Waals surface area contributed by atoms with Gasteiger partial charge in [0.1, 0.15) is 12.2 Å². The van der Waals surface area contributed by atoms with E-state index in [0.29, 0.717) is 30.4 Å². The second-order valence-corrected chi connectivity index (χ2v) is 6.93. The van der Waals surface area contributed by atoms with Gasteiger partial charge in [-0.1, -0.05) is 24.3 Å². The lowest BCUT2D eigenvalue weighted by Gasteiger charge is -2.23. The zero-order valence-corrected chi connectivity index (χ0v) is 15.7. The molecule has 142 valence electrons. The monoisotopic (exact) mass is 375 g/mol. The molecule has 3 aromatic rings. The Kier molecular flexibility index (Phi) is 5.04. The highest BCUT2D eigenvalue weighted by Gasteiger charge is 2.17. The van der Waals surface area contributed by atoms with E-state index in [0.717, 1.165) is 29.4 Å². The highest BCUT2D eigenvalue weighted by atomic mass is 16.5. The number of aromatic nitrogens is 3. The fraction of sp³-hybridized carbons (Fsp3) is 0.333. The fourth-order valence-electron chi connectivity index (χ4n) is 3.54. The molecule has 1 saturated heterocycles. The molecule has 0 saturated carbocycles. The highest BCUT2D eigenvalue weighted by molar-refractivity contribution is 5.82. The first-order valence-electron chi connectivity index (χ1n) is 9.35. The molecule has 1 aromatic carbocycles. The zero-order chi connectivity index (χ0) is 19.5. The van der Waals surface area contributed by atoms with Crippen molar-refractivity contribution in [1.82, 2.24) is 14.5 Å². The van der Waals surface area contributed by atoms with Crippen LogP contribution in [0.5, 0.6) is 0 Å². The number of pyridine rings is 1. The van der Waals surface area contributed by atoms with E-state index in [1.165, 1.54) is 4.57 Å². The second kappa shape index (κ2) is 7.79. The topological polar surface area (TPSA) is 92.8 Å². The number of benzene rings is 1. The summed E-state index contributed by atoms with van der Waals surface area (Å²) in [5.41, 5.74) is 2.65. The number of anilines is 1. The summed E-state index contributed by atoms with van der Waals surface area (Å²) in [4.78, 5) is 22.1. The van der Waals surface area contributed by atoms with Crippen molar-refractivity contribution in [2.45, 2.75) is 32.4 Å². The minimum absolute atomic E-state index is 0.0667. The molecule has 1 fully saturated rings. The van der Waals surface area contributed by atoms with Crippen LogP contribution in [-0.2, 0) is 11.3 Å². The molecule has 0 aliphatic carbocycles. The lowest BCUT2D eigenvalue weighted by Crippen LogP contribution is -2.29. The summed E-state index contributed by atoms with van der Waals surface area (Å²) in [6, 6.07) is 11.8. The fourth-order valence-corrected chi connectivity index (χ4v) is 3.54. The Morgan fingerprint density at radius 1 is 1.29 bits per heavy atom. The van der Waals surface area contributed by atoms with Crippen LogP contribution in [0, 0.1) is 18.3 Å². The van der Waals surface area contributed by atoms with Gasteiger partial charge in [-0.2, -0.15) is 10.2 Å². The second-order valence-electron chi connectivity index (χ2n) is 6.93. The standard InChI is InChI=1S/C21H21N5O2/c1-14-4-2-3-5-17(14)18-12-15-13-23-21(24-16-6-10-28-11-7-16)25-19(15)26(9-8-22)20(18)27/h2-5,12-13,16H,6-7,9-11H2,1H3,(H,23,24,25). The third kappa shape index (κ3) is 3.47. The number of hydrogen-bond acceptors (Lipinski definition) is 6. The Hall–Kier alpha value is -3.24. The van der Waals surface area contributed by atoms with Crippen molar-refractivity contribution in [3.05, 3.63) is 52.4 Å². The smallest absolute Gasteiger partial charge is 0.261 e. The predicted molar refractivity (Wildman–Crippen MR) is 107 cm³/mol. The van der Waals surface area contributed by atoms with Crippen molar-refractivity contribution >= 4 is 17.0 Å². The van der Waals surface area contributed by atoms with E-state index >= 15 is 0 Å². The number of nitrogens with one attached hydrogen (secondary N) is 1. The summed E-state index contributed by atoms with van der Waals surface area (Å²) in [5.74, 6) is 0.467. The van der Waals surface area contributed by atoms with E-state index in [2.05, 4.69) is 21.4 Å². The summed E-state index contributed by atoms with van der Waals surface area (Å²) >= 11 is 0. The van der Waals surface area contributed by atoms with Crippen LogP contribution in [-0.4, -0.2) is 33.8 Å². The molecule has 0 spiro atoms. The number of aryl methyl sites for hydroxylation is 1. The van der Waals surface area contributed by atoms with Crippen LogP contribution in [0.1, 0.15) is 18.4 Å². The molecule has 0 radical (unpaired) electrons. The number of nitrogens with zero attached hydrogens (tertiary/aromatic N) is 4. The number of hydrogen-bond donors (Lipinski definition) is 1. The largest absolute Gasteiger partial charge is 0.381 e. The Balaban J connectivity index is 1.82. The Morgan fingerprint density at radius 3 is 2.82 bits per heavy atom. The number of ether oxygens (including phenoxy) is 1. The molecule has 1 aliphatic rings. The van der Waals surface area contributed by atoms with Crippen molar-refractivity contribution in [1.29, 1.82) is 5.26 Å². The predicted octanol–water partition coefficient (Wildman–Crippen LogP) is 2.88. The first-order valence-corrected chi connectivity index (χ1v) is 9.35. The molecule has 28 heavy (non-hydrogen) atoms. The molecule has 7 nitrogen and oxygen atoms in total. The third-order valence-electron chi connectivity index (χ3n) is 5.05. The molecule has 3 heterocycles. The van der Waals surface area contributed by atoms with Crippen molar-refractivity contribution in [3.8, 4) is 17.2 Å². The van der Waals surface area contributed by atoms with Gasteiger partial charge >= 0.3 is 0 Å². The van der Waals surface area contributed by atoms with Gasteiger partial charge in [0.2, 0.25) is 5.95 Å². The zero-order valence-electron chi connectivity index (χ0n) is 15.7. The lowest BCUT2D eigenvalue weighted by atomic mass is 10.0. The number of nitriles is 1. The van der Waals surface area contributed by atoms with Gasteiger partial charge in [0, 0.05) is 36.4 Å². The summed E-state index contributed by atoms with van der Waals surface area (Å²) in [6.45, 7) is 3.32. The van der Waals surface area contributed by atoms with Crippen molar-refractivity contribution in [3.63, 3.8) is 0 Å². The van der Waals surface area contributed by atoms with Gasteiger partial charge in [0.25, 0.3) is 5.56 Å². The summed E-state index contributed by atoms with van der Waals surface area (Å²) in [5, 5.41) is 13.3. The van der Waals surface area contributed by atoms with Gasteiger partial charge < -0.3 is 10.1 Å². The molecule has 0 atom stereocenters. The molecule has 0 amide bonds. The highest BCUT2D eigenvalue weighted by Crippen LogP contribution is 2.24. The summed E-state index contributed by atoms with van der Waals surface area (Å²) < 4.78 is 6.80. The van der Waals surface area contributed by atoms with Crippen LogP contribution < -0.4 is 10.9 Å². The maximum absolute atomic E-state index is 13.1. The van der Waals surface area contributed by atoms with Crippen molar-refractivity contribution < 1.29 is 4.74 Å². The molecule has 4 rings (SSSR count). The Labute approximate surface area is 162 Å². The lowest BCUT2D eigenvalue weighted by molar-refractivity contribution is 0.0903. The van der Waals surface area contributed by atoms with Crippen LogP contribution >= 0.6 is 0 Å². The summed E-state index contributed by atoms with van der Waals surface area (Å²) in [7, 11) is 0. The van der Waals surface area contributed by atoms with Gasteiger partial charge in [-0.05, 0) is 37.0 Å². The van der Waals surface area contributed by atoms with Gasteiger partial charge in [-0.15, -0.1) is 0 Å². The summed E-state index contributed by atoms with van der Waals surface area (Å²) in [6.07, 6.45) is 3.48. The van der Waals surface area contributed by atoms with E-state index in [-0.39, 0.29) is 18.1 Å². The maximum Gasteiger partial charge on any atom is 0.261 e. The van der Waals surface area contributed by atoms with E-state index in [9.17, 15) is 10.1 Å². The minimum Gasteiger partial charge on any atom is -0.381 e. The van der Waals surface area contributed by atoms with Crippen LogP contribution in [0.25, 0.3) is 22.2 Å². The molecular formula is C21H21N5O2. The SMILES string of the molecule is Cc1ccccc1-c1cc2cnc(NC3CCOCC3)nc2n(CC#N)c1=O. The minimum atomic E-state index is -0.223. The molecule has 0 bridgehead atoms. The quantitative estimate of drug-likeness (QED) is 0.754. The molecule has 1 N–H and O–H groups in total. The molecular weight excluding hydrogens is 354 g/mol. The van der Waals surface area contributed by atoms with Crippen LogP contribution in [0.4, 0.5) is 5.95 Å². The van der Waals surface area contributed by atoms with Crippen LogP contribution in [0.2, 0.25) is 0 Å². The first kappa shape index (κ1) is 18.1. The van der Waals surface area contributed by atoms with Crippen molar-refractivity contribution in [2.24, 2.45) is 0 Å². The van der Waals surface area contributed by atoms with Gasteiger partial charge in [0.05, 0.1) is 6.07 Å². The van der Waals surface area contributed by atoms with Crippen LogP contribution in [0.3, 0.4) is 0 Å². The molecule has 1 aliphatic heterocycles. The van der Waals surface area contributed by atoms with Gasteiger partial charge in [-0.3, -0.25) is 9.36 Å². The average molecular weight is 375 g/mol. The van der Waals surface area contributed by atoms with Crippen LogP contribution in [0.15, 0.2) is 41.3 Å². The maximum atomic E-state index is 13.1. The molecule has 7 heteroatoms. The molecule has 2 aromatic heterocycles. The van der Waals surface area contributed by atoms with Crippen molar-refractivity contribution in [2.75, 3.05) is 18.5 Å². The van der Waals surface area contributed by atoms with Gasteiger partial charge in [-0.25, -0.2) is 4.98 Å². The number of fused-ring (bicyclic) bond motifs is 1. The van der Waals surface area contributed by atoms with Gasteiger partial charge in [0.15, 0.2) is 0 Å². The number of rotatable bonds is 4. The average Bonchev–Trinajstić information content (AvgIpc) is 2.71. The normalized spacial score (nSPS) is 14.7. The Morgan fingerprint density at radius 2 is 2.07 bits per heavy atom. The third-order valence-corrected chi connectivity index (χ3v) is 5.05.